The number of hydrogen-bond donors (Lipinski definition) is 3. The monoisotopic (exact) mass is 264 g/mol. The first-order chi connectivity index (χ1) is 9.02. The van der Waals surface area contributed by atoms with Gasteiger partial charge in [0.05, 0.1) is 6.10 Å². The summed E-state index contributed by atoms with van der Waals surface area (Å²) < 4.78 is 0. The van der Waals surface area contributed by atoms with Crippen LogP contribution in [0.5, 0.6) is 0 Å². The van der Waals surface area contributed by atoms with Gasteiger partial charge in [-0.2, -0.15) is 0 Å². The van der Waals surface area contributed by atoms with E-state index in [2.05, 4.69) is 10.6 Å². The number of aliphatic hydroxyl groups excluding tert-OH is 1. The van der Waals surface area contributed by atoms with Crippen molar-refractivity contribution in [1.29, 1.82) is 0 Å². The van der Waals surface area contributed by atoms with Crippen molar-refractivity contribution in [2.75, 3.05) is 6.54 Å². The summed E-state index contributed by atoms with van der Waals surface area (Å²) in [5, 5.41) is 15.2. The average molecular weight is 264 g/mol. The molecule has 0 aliphatic rings. The Balaban J connectivity index is 2.26. The third-order valence-electron chi connectivity index (χ3n) is 3.35. The summed E-state index contributed by atoms with van der Waals surface area (Å²) in [5.41, 5.74) is 2.26. The normalized spacial score (nSPS) is 13.7. The van der Waals surface area contributed by atoms with Crippen LogP contribution in [0.15, 0.2) is 24.3 Å². The number of hydrogen-bond acceptors (Lipinski definition) is 2. The van der Waals surface area contributed by atoms with Crippen molar-refractivity contribution < 1.29 is 9.90 Å². The van der Waals surface area contributed by atoms with Gasteiger partial charge in [0.15, 0.2) is 0 Å². The lowest BCUT2D eigenvalue weighted by molar-refractivity contribution is 0.114. The van der Waals surface area contributed by atoms with Crippen LogP contribution >= 0.6 is 0 Å². The summed E-state index contributed by atoms with van der Waals surface area (Å²) in [6, 6.07) is 7.76. The lowest BCUT2D eigenvalue weighted by Gasteiger charge is -2.17. The van der Waals surface area contributed by atoms with Gasteiger partial charge in [0.2, 0.25) is 0 Å². The summed E-state index contributed by atoms with van der Waals surface area (Å²) in [6.45, 7) is 6.79. The van der Waals surface area contributed by atoms with E-state index in [4.69, 9.17) is 0 Å². The minimum atomic E-state index is -0.491. The standard InChI is InChI=1S/C15H24N2O2/c1-4-12(3)14(18)10-17-15(19)16-9-13-7-5-11(2)6-8-13/h5-8,12,14,18H,4,9-10H2,1-3H3,(H2,16,17,19). The van der Waals surface area contributed by atoms with Crippen LogP contribution in [0.4, 0.5) is 4.79 Å². The molecule has 1 rings (SSSR count). The molecular weight excluding hydrogens is 240 g/mol. The molecule has 106 valence electrons. The highest BCUT2D eigenvalue weighted by atomic mass is 16.3. The smallest absolute Gasteiger partial charge is 0.315 e. The predicted molar refractivity (Wildman–Crippen MR) is 76.9 cm³/mol. The topological polar surface area (TPSA) is 61.4 Å². The molecule has 1 aromatic carbocycles. The Morgan fingerprint density at radius 3 is 2.47 bits per heavy atom. The van der Waals surface area contributed by atoms with Crippen molar-refractivity contribution in [1.82, 2.24) is 10.6 Å². The van der Waals surface area contributed by atoms with Crippen LogP contribution in [-0.2, 0) is 6.54 Å². The van der Waals surface area contributed by atoms with Gasteiger partial charge in [-0.3, -0.25) is 0 Å². The van der Waals surface area contributed by atoms with Gasteiger partial charge in [0.1, 0.15) is 0 Å². The number of aryl methyl sites for hydroxylation is 1. The molecule has 0 heterocycles. The van der Waals surface area contributed by atoms with Gasteiger partial charge in [0.25, 0.3) is 0 Å². The summed E-state index contributed by atoms with van der Waals surface area (Å²) in [6.07, 6.45) is 0.406. The molecule has 2 unspecified atom stereocenters. The molecule has 0 radical (unpaired) electrons. The predicted octanol–water partition coefficient (Wildman–Crippen LogP) is 2.20. The summed E-state index contributed by atoms with van der Waals surface area (Å²) in [4.78, 5) is 11.6. The molecule has 3 N–H and O–H groups in total. The summed E-state index contributed by atoms with van der Waals surface area (Å²) >= 11 is 0. The largest absolute Gasteiger partial charge is 0.391 e. The number of aliphatic hydroxyl groups is 1. The fourth-order valence-electron chi connectivity index (χ4n) is 1.62. The van der Waals surface area contributed by atoms with Gasteiger partial charge in [-0.1, -0.05) is 50.1 Å². The van der Waals surface area contributed by atoms with Crippen LogP contribution in [0.3, 0.4) is 0 Å². The molecule has 0 bridgehead atoms. The third-order valence-corrected chi connectivity index (χ3v) is 3.35. The Hall–Kier alpha value is -1.55. The molecule has 0 fully saturated rings. The highest BCUT2D eigenvalue weighted by molar-refractivity contribution is 5.73. The van der Waals surface area contributed by atoms with Gasteiger partial charge in [-0.25, -0.2) is 4.79 Å². The molecular formula is C15H24N2O2. The van der Waals surface area contributed by atoms with Crippen LogP contribution in [-0.4, -0.2) is 23.8 Å². The van der Waals surface area contributed by atoms with Crippen molar-refractivity contribution in [2.45, 2.75) is 39.8 Å². The Morgan fingerprint density at radius 2 is 1.89 bits per heavy atom. The molecule has 4 nitrogen and oxygen atoms in total. The number of nitrogens with one attached hydrogen (secondary N) is 2. The van der Waals surface area contributed by atoms with Gasteiger partial charge in [-0.05, 0) is 18.4 Å². The minimum absolute atomic E-state index is 0.192. The highest BCUT2D eigenvalue weighted by Gasteiger charge is 2.12. The van der Waals surface area contributed by atoms with E-state index in [1.54, 1.807) is 0 Å². The molecule has 0 spiro atoms. The lowest BCUT2D eigenvalue weighted by atomic mass is 10.0. The van der Waals surface area contributed by atoms with Crippen LogP contribution in [0.1, 0.15) is 31.4 Å². The van der Waals surface area contributed by atoms with Crippen LogP contribution in [0.2, 0.25) is 0 Å². The van der Waals surface area contributed by atoms with Crippen molar-refractivity contribution in [2.24, 2.45) is 5.92 Å². The van der Waals surface area contributed by atoms with E-state index in [-0.39, 0.29) is 18.5 Å². The van der Waals surface area contributed by atoms with Gasteiger partial charge >= 0.3 is 6.03 Å². The van der Waals surface area contributed by atoms with Gasteiger partial charge < -0.3 is 15.7 Å². The number of carbonyl (C=O) groups excluding carboxylic acids is 1. The number of urea groups is 1. The number of benzene rings is 1. The fraction of sp³-hybridized carbons (Fsp3) is 0.533. The number of carbonyl (C=O) groups is 1. The molecule has 0 saturated carbocycles. The van der Waals surface area contributed by atoms with Crippen LogP contribution < -0.4 is 10.6 Å². The van der Waals surface area contributed by atoms with E-state index < -0.39 is 6.10 Å². The van der Waals surface area contributed by atoms with E-state index >= 15 is 0 Å². The molecule has 4 heteroatoms. The molecule has 0 aliphatic carbocycles. The zero-order valence-electron chi connectivity index (χ0n) is 11.9. The summed E-state index contributed by atoms with van der Waals surface area (Å²) in [7, 11) is 0. The maximum atomic E-state index is 11.6. The molecule has 1 aromatic rings. The molecule has 2 amide bonds. The third kappa shape index (κ3) is 5.75. The first kappa shape index (κ1) is 15.5. The first-order valence-corrected chi connectivity index (χ1v) is 6.78. The van der Waals surface area contributed by atoms with Crippen molar-refractivity contribution >= 4 is 6.03 Å². The fourth-order valence-corrected chi connectivity index (χ4v) is 1.62. The average Bonchev–Trinajstić information content (AvgIpc) is 2.43. The maximum absolute atomic E-state index is 11.6. The second-order valence-electron chi connectivity index (χ2n) is 5.00. The van der Waals surface area contributed by atoms with Gasteiger partial charge in [0, 0.05) is 13.1 Å². The molecule has 0 aliphatic heterocycles. The number of rotatable bonds is 6. The Morgan fingerprint density at radius 1 is 1.26 bits per heavy atom. The van der Waals surface area contributed by atoms with E-state index in [1.165, 1.54) is 5.56 Å². The van der Waals surface area contributed by atoms with Crippen LogP contribution in [0.25, 0.3) is 0 Å². The van der Waals surface area contributed by atoms with Crippen molar-refractivity contribution in [3.05, 3.63) is 35.4 Å². The minimum Gasteiger partial charge on any atom is -0.391 e. The van der Waals surface area contributed by atoms with Crippen molar-refractivity contribution in [3.63, 3.8) is 0 Å². The second kappa shape index (κ2) is 7.79. The Bertz CT molecular complexity index is 390. The number of amides is 2. The SMILES string of the molecule is CCC(C)C(O)CNC(=O)NCc1ccc(C)cc1. The highest BCUT2D eigenvalue weighted by Crippen LogP contribution is 2.06. The van der Waals surface area contributed by atoms with E-state index in [0.29, 0.717) is 6.54 Å². The van der Waals surface area contributed by atoms with E-state index in [0.717, 1.165) is 12.0 Å². The first-order valence-electron chi connectivity index (χ1n) is 6.78. The Kier molecular flexibility index (Phi) is 6.36. The van der Waals surface area contributed by atoms with E-state index in [1.807, 2.05) is 45.0 Å². The lowest BCUT2D eigenvalue weighted by Crippen LogP contribution is -2.41. The zero-order chi connectivity index (χ0) is 14.3. The van der Waals surface area contributed by atoms with Crippen LogP contribution in [0, 0.1) is 12.8 Å². The van der Waals surface area contributed by atoms with Gasteiger partial charge in [-0.15, -0.1) is 0 Å². The summed E-state index contributed by atoms with van der Waals surface area (Å²) in [5.74, 6) is 0.192. The maximum Gasteiger partial charge on any atom is 0.315 e. The molecule has 2 atom stereocenters. The van der Waals surface area contributed by atoms with Crippen molar-refractivity contribution in [3.8, 4) is 0 Å². The molecule has 19 heavy (non-hydrogen) atoms. The molecule has 0 saturated heterocycles. The Labute approximate surface area is 115 Å². The van der Waals surface area contributed by atoms with E-state index in [9.17, 15) is 9.90 Å². The zero-order valence-corrected chi connectivity index (χ0v) is 11.9. The second-order valence-corrected chi connectivity index (χ2v) is 5.00. The quantitative estimate of drug-likeness (QED) is 0.737. The molecule has 0 aromatic heterocycles.